The third-order valence-electron chi connectivity index (χ3n) is 7.57. The Morgan fingerprint density at radius 2 is 1.81 bits per heavy atom. The van der Waals surface area contributed by atoms with Crippen molar-refractivity contribution in [3.05, 3.63) is 140 Å². The standard InChI is InChI=1S/C33H31ClN6O3/c1-3-22-12-15-30-25(17-22)18-28(33(41)35-30)31(32-36-37-38-40(32)21-27-8-6-16-43-27)39(20-24-7-4-5-9-29(24)34)19-23-10-13-26(42-2)14-11-23/h4-18,31H,3,19-21H2,1-2H3,(H,35,41)/t31-/m1/s1. The number of tetrazole rings is 1. The van der Waals surface area contributed by atoms with E-state index in [0.29, 0.717) is 41.8 Å². The molecule has 9 nitrogen and oxygen atoms in total. The Kier molecular flexibility index (Phi) is 8.35. The zero-order valence-corrected chi connectivity index (χ0v) is 24.7. The number of nitrogens with one attached hydrogen (secondary N) is 1. The molecule has 10 heteroatoms. The lowest BCUT2D eigenvalue weighted by molar-refractivity contribution is 0.193. The molecule has 3 heterocycles. The molecule has 0 saturated heterocycles. The van der Waals surface area contributed by atoms with Gasteiger partial charge in [0.15, 0.2) is 5.82 Å². The topological polar surface area (TPSA) is 102 Å². The first-order valence-corrected chi connectivity index (χ1v) is 14.4. The molecule has 0 bridgehead atoms. The molecule has 0 fully saturated rings. The lowest BCUT2D eigenvalue weighted by atomic mass is 10.00. The second kappa shape index (κ2) is 12.6. The highest BCUT2D eigenvalue weighted by atomic mass is 35.5. The summed E-state index contributed by atoms with van der Waals surface area (Å²) in [6.45, 7) is 3.32. The van der Waals surface area contributed by atoms with E-state index in [1.165, 1.54) is 5.56 Å². The normalized spacial score (nSPS) is 12.2. The smallest absolute Gasteiger partial charge is 0.253 e. The van der Waals surface area contributed by atoms with Gasteiger partial charge in [0.1, 0.15) is 24.1 Å². The molecule has 1 atom stereocenters. The van der Waals surface area contributed by atoms with Crippen LogP contribution in [0.1, 0.15) is 46.8 Å². The van der Waals surface area contributed by atoms with Crippen molar-refractivity contribution in [2.45, 2.75) is 39.0 Å². The summed E-state index contributed by atoms with van der Waals surface area (Å²) in [7, 11) is 1.64. The summed E-state index contributed by atoms with van der Waals surface area (Å²) in [4.78, 5) is 19.2. The number of hydrogen-bond acceptors (Lipinski definition) is 7. The van der Waals surface area contributed by atoms with Crippen molar-refractivity contribution < 1.29 is 9.15 Å². The van der Waals surface area contributed by atoms with E-state index in [0.717, 1.165) is 34.2 Å². The van der Waals surface area contributed by atoms with E-state index in [4.69, 9.17) is 20.8 Å². The summed E-state index contributed by atoms with van der Waals surface area (Å²) < 4.78 is 12.7. The second-order valence-corrected chi connectivity index (χ2v) is 10.8. The molecule has 43 heavy (non-hydrogen) atoms. The van der Waals surface area contributed by atoms with Gasteiger partial charge < -0.3 is 14.1 Å². The molecule has 3 aromatic carbocycles. The second-order valence-electron chi connectivity index (χ2n) is 10.4. The first-order valence-electron chi connectivity index (χ1n) is 14.1. The van der Waals surface area contributed by atoms with Gasteiger partial charge in [0, 0.05) is 29.2 Å². The Hall–Kier alpha value is -4.73. The number of furan rings is 1. The van der Waals surface area contributed by atoms with Crippen LogP contribution in [0, 0.1) is 0 Å². The number of halogens is 1. The predicted molar refractivity (Wildman–Crippen MR) is 165 cm³/mol. The lowest BCUT2D eigenvalue weighted by Gasteiger charge is -2.31. The van der Waals surface area contributed by atoms with Gasteiger partial charge in [-0.25, -0.2) is 4.68 Å². The van der Waals surface area contributed by atoms with Gasteiger partial charge in [-0.05, 0) is 87.5 Å². The Bertz CT molecular complexity index is 1880. The number of rotatable bonds is 11. The van der Waals surface area contributed by atoms with Crippen LogP contribution >= 0.6 is 11.6 Å². The van der Waals surface area contributed by atoms with Gasteiger partial charge in [-0.2, -0.15) is 0 Å². The number of benzene rings is 3. The summed E-state index contributed by atoms with van der Waals surface area (Å²) in [5.41, 5.74) is 4.19. The Morgan fingerprint density at radius 1 is 1.00 bits per heavy atom. The molecule has 6 aromatic rings. The molecule has 0 aliphatic rings. The summed E-state index contributed by atoms with van der Waals surface area (Å²) in [6, 6.07) is 26.7. The maximum absolute atomic E-state index is 13.9. The SMILES string of the molecule is CCc1ccc2[nH]c(=O)c([C@H](c3nnnn3Cc3ccco3)N(Cc3ccc(OC)cc3)Cc3ccccc3Cl)cc2c1. The number of nitrogens with zero attached hydrogens (tertiary/aromatic N) is 5. The van der Waals surface area contributed by atoms with E-state index in [2.05, 4.69) is 38.4 Å². The maximum Gasteiger partial charge on any atom is 0.253 e. The van der Waals surface area contributed by atoms with Gasteiger partial charge >= 0.3 is 0 Å². The van der Waals surface area contributed by atoms with Crippen LogP contribution in [0.3, 0.4) is 0 Å². The summed E-state index contributed by atoms with van der Waals surface area (Å²) in [5.74, 6) is 1.96. The minimum absolute atomic E-state index is 0.215. The fraction of sp³-hybridized carbons (Fsp3) is 0.212. The molecule has 0 radical (unpaired) electrons. The van der Waals surface area contributed by atoms with Crippen LogP contribution in [0.4, 0.5) is 0 Å². The molecule has 3 aromatic heterocycles. The highest BCUT2D eigenvalue weighted by Crippen LogP contribution is 2.32. The van der Waals surface area contributed by atoms with Crippen molar-refractivity contribution in [2.75, 3.05) is 7.11 Å². The van der Waals surface area contributed by atoms with Crippen LogP contribution in [0.5, 0.6) is 5.75 Å². The van der Waals surface area contributed by atoms with Gasteiger partial charge in [0.05, 0.1) is 13.4 Å². The third-order valence-corrected chi connectivity index (χ3v) is 7.94. The van der Waals surface area contributed by atoms with Crippen molar-refractivity contribution in [1.29, 1.82) is 0 Å². The molecule has 0 aliphatic heterocycles. The van der Waals surface area contributed by atoms with Crippen molar-refractivity contribution in [2.24, 2.45) is 0 Å². The molecule has 1 N–H and O–H groups in total. The van der Waals surface area contributed by atoms with Crippen molar-refractivity contribution >= 4 is 22.5 Å². The average Bonchev–Trinajstić information content (AvgIpc) is 3.71. The van der Waals surface area contributed by atoms with Crippen LogP contribution in [-0.4, -0.2) is 37.2 Å². The Morgan fingerprint density at radius 3 is 2.56 bits per heavy atom. The van der Waals surface area contributed by atoms with Gasteiger partial charge in [0.2, 0.25) is 0 Å². The zero-order chi connectivity index (χ0) is 29.8. The minimum atomic E-state index is -0.637. The Balaban J connectivity index is 1.54. The van der Waals surface area contributed by atoms with Gasteiger partial charge in [-0.1, -0.05) is 54.9 Å². The van der Waals surface area contributed by atoms with E-state index in [-0.39, 0.29) is 5.56 Å². The number of fused-ring (bicyclic) bond motifs is 1. The van der Waals surface area contributed by atoms with Crippen molar-refractivity contribution in [3.8, 4) is 5.75 Å². The van der Waals surface area contributed by atoms with Crippen molar-refractivity contribution in [3.63, 3.8) is 0 Å². The van der Waals surface area contributed by atoms with Crippen LogP contribution in [0.25, 0.3) is 10.9 Å². The minimum Gasteiger partial charge on any atom is -0.497 e. The number of hydrogen-bond donors (Lipinski definition) is 1. The summed E-state index contributed by atoms with van der Waals surface area (Å²) in [6.07, 6.45) is 2.49. The van der Waals surface area contributed by atoms with Gasteiger partial charge in [-0.3, -0.25) is 9.69 Å². The predicted octanol–water partition coefficient (Wildman–Crippen LogP) is 6.17. The van der Waals surface area contributed by atoms with E-state index < -0.39 is 6.04 Å². The quantitative estimate of drug-likeness (QED) is 0.191. The largest absolute Gasteiger partial charge is 0.497 e. The number of aromatic amines is 1. The van der Waals surface area contributed by atoms with Gasteiger partial charge in [0.25, 0.3) is 5.56 Å². The molecule has 218 valence electrons. The van der Waals surface area contributed by atoms with Gasteiger partial charge in [-0.15, -0.1) is 5.10 Å². The molecule has 0 aliphatic carbocycles. The van der Waals surface area contributed by atoms with E-state index >= 15 is 0 Å². The molecule has 6 rings (SSSR count). The van der Waals surface area contributed by atoms with E-state index in [9.17, 15) is 4.79 Å². The number of ether oxygens (including phenoxy) is 1. The zero-order valence-electron chi connectivity index (χ0n) is 23.9. The summed E-state index contributed by atoms with van der Waals surface area (Å²) in [5, 5.41) is 14.4. The third kappa shape index (κ3) is 6.23. The van der Waals surface area contributed by atoms with Crippen LogP contribution in [0.15, 0.2) is 100 Å². The highest BCUT2D eigenvalue weighted by Gasteiger charge is 2.31. The fourth-order valence-electron chi connectivity index (χ4n) is 5.31. The number of pyridine rings is 1. The maximum atomic E-state index is 13.9. The van der Waals surface area contributed by atoms with Crippen molar-refractivity contribution in [1.82, 2.24) is 30.1 Å². The average molecular weight is 595 g/mol. The van der Waals surface area contributed by atoms with Crippen LogP contribution < -0.4 is 10.3 Å². The van der Waals surface area contributed by atoms with E-state index in [1.54, 1.807) is 18.1 Å². The number of aryl methyl sites for hydroxylation is 1. The Labute approximate surface area is 253 Å². The molecule has 0 saturated carbocycles. The molecular weight excluding hydrogens is 564 g/mol. The lowest BCUT2D eigenvalue weighted by Crippen LogP contribution is -2.35. The molecule has 0 unspecified atom stereocenters. The van der Waals surface area contributed by atoms with Crippen LogP contribution in [-0.2, 0) is 26.1 Å². The first-order chi connectivity index (χ1) is 21.0. The monoisotopic (exact) mass is 594 g/mol. The molecular formula is C33H31ClN6O3. The summed E-state index contributed by atoms with van der Waals surface area (Å²) >= 11 is 6.69. The number of H-pyrrole nitrogens is 1. The molecule has 0 spiro atoms. The first kappa shape index (κ1) is 28.4. The van der Waals surface area contributed by atoms with Crippen LogP contribution in [0.2, 0.25) is 5.02 Å². The number of methoxy groups -OCH3 is 1. The number of aromatic nitrogens is 5. The highest BCUT2D eigenvalue weighted by molar-refractivity contribution is 6.31. The van der Waals surface area contributed by atoms with E-state index in [1.807, 2.05) is 78.9 Å². The molecule has 0 amide bonds. The fourth-order valence-corrected chi connectivity index (χ4v) is 5.51.